The van der Waals surface area contributed by atoms with E-state index in [1.807, 2.05) is 26.0 Å². The monoisotopic (exact) mass is 492 g/mol. The van der Waals surface area contributed by atoms with E-state index in [0.717, 1.165) is 28.8 Å². The van der Waals surface area contributed by atoms with Gasteiger partial charge in [-0.05, 0) is 57.0 Å². The summed E-state index contributed by atoms with van der Waals surface area (Å²) in [4.78, 5) is 37.3. The SMILES string of the molecule is CCNC(=O)[C@@H](NC(=O)CNC(=O)c1cccc(C(F)(F)F)c1)[C@H](C)NCc1ccc(C)cc1C. The zero-order valence-electron chi connectivity index (χ0n) is 20.2. The Hall–Kier alpha value is -3.40. The molecule has 0 radical (unpaired) electrons. The number of halogens is 3. The molecule has 3 amide bonds. The van der Waals surface area contributed by atoms with Gasteiger partial charge in [-0.1, -0.05) is 29.8 Å². The van der Waals surface area contributed by atoms with Gasteiger partial charge in [0, 0.05) is 24.7 Å². The van der Waals surface area contributed by atoms with Gasteiger partial charge in [-0.2, -0.15) is 13.2 Å². The highest BCUT2D eigenvalue weighted by Gasteiger charge is 2.31. The molecule has 2 atom stereocenters. The Morgan fingerprint density at radius 1 is 1.00 bits per heavy atom. The van der Waals surface area contributed by atoms with E-state index in [9.17, 15) is 27.6 Å². The summed E-state index contributed by atoms with van der Waals surface area (Å²) in [6.45, 7) is 7.83. The number of hydrogen-bond donors (Lipinski definition) is 4. The van der Waals surface area contributed by atoms with Gasteiger partial charge in [-0.25, -0.2) is 0 Å². The maximum Gasteiger partial charge on any atom is 0.416 e. The molecule has 0 saturated heterocycles. The molecule has 7 nitrogen and oxygen atoms in total. The molecule has 0 heterocycles. The summed E-state index contributed by atoms with van der Waals surface area (Å²) in [6.07, 6.45) is -4.59. The molecule has 0 aliphatic rings. The molecule has 4 N–H and O–H groups in total. The molecule has 190 valence electrons. The van der Waals surface area contributed by atoms with E-state index in [1.54, 1.807) is 13.8 Å². The summed E-state index contributed by atoms with van der Waals surface area (Å²) in [7, 11) is 0. The number of benzene rings is 2. The number of aryl methyl sites for hydroxylation is 2. The predicted molar refractivity (Wildman–Crippen MR) is 127 cm³/mol. The maximum atomic E-state index is 12.9. The van der Waals surface area contributed by atoms with Gasteiger partial charge in [0.1, 0.15) is 6.04 Å². The van der Waals surface area contributed by atoms with Gasteiger partial charge in [0.15, 0.2) is 0 Å². The van der Waals surface area contributed by atoms with Crippen LogP contribution in [0.15, 0.2) is 42.5 Å². The van der Waals surface area contributed by atoms with Crippen LogP contribution in [0, 0.1) is 13.8 Å². The molecule has 10 heteroatoms. The van der Waals surface area contributed by atoms with Crippen molar-refractivity contribution in [2.75, 3.05) is 13.1 Å². The lowest BCUT2D eigenvalue weighted by molar-refractivity contribution is -0.137. The Morgan fingerprint density at radius 3 is 2.34 bits per heavy atom. The second-order valence-electron chi connectivity index (χ2n) is 8.30. The normalized spacial score (nSPS) is 13.0. The average molecular weight is 493 g/mol. The van der Waals surface area contributed by atoms with Crippen LogP contribution in [0.2, 0.25) is 0 Å². The Labute approximate surface area is 202 Å². The van der Waals surface area contributed by atoms with Crippen LogP contribution in [0.4, 0.5) is 13.2 Å². The van der Waals surface area contributed by atoms with E-state index in [4.69, 9.17) is 0 Å². The molecule has 2 aromatic rings. The molecule has 0 aliphatic heterocycles. The molecular formula is C25H31F3N4O3. The number of rotatable bonds is 10. The number of amides is 3. The van der Waals surface area contributed by atoms with Crippen molar-refractivity contribution in [2.24, 2.45) is 0 Å². The van der Waals surface area contributed by atoms with Crippen molar-refractivity contribution < 1.29 is 27.6 Å². The highest BCUT2D eigenvalue weighted by atomic mass is 19.4. The zero-order chi connectivity index (χ0) is 26.2. The first kappa shape index (κ1) is 27.8. The maximum absolute atomic E-state index is 12.9. The van der Waals surface area contributed by atoms with Crippen LogP contribution in [0.3, 0.4) is 0 Å². The predicted octanol–water partition coefficient (Wildman–Crippen LogP) is 2.85. The van der Waals surface area contributed by atoms with Gasteiger partial charge in [0.05, 0.1) is 12.1 Å². The smallest absolute Gasteiger partial charge is 0.355 e. The Morgan fingerprint density at radius 2 is 1.71 bits per heavy atom. The van der Waals surface area contributed by atoms with Gasteiger partial charge >= 0.3 is 6.18 Å². The van der Waals surface area contributed by atoms with E-state index in [1.165, 1.54) is 6.07 Å². The second kappa shape index (κ2) is 12.3. The van der Waals surface area contributed by atoms with Crippen LogP contribution >= 0.6 is 0 Å². The van der Waals surface area contributed by atoms with Crippen molar-refractivity contribution in [2.45, 2.75) is 52.5 Å². The number of carbonyl (C=O) groups is 3. The average Bonchev–Trinajstić information content (AvgIpc) is 2.79. The number of carbonyl (C=O) groups excluding carboxylic acids is 3. The van der Waals surface area contributed by atoms with Crippen LogP contribution in [-0.4, -0.2) is 42.9 Å². The van der Waals surface area contributed by atoms with E-state index >= 15 is 0 Å². The first-order valence-corrected chi connectivity index (χ1v) is 11.2. The quantitative estimate of drug-likeness (QED) is 0.410. The zero-order valence-corrected chi connectivity index (χ0v) is 20.2. The molecule has 0 unspecified atom stereocenters. The molecule has 0 saturated carbocycles. The van der Waals surface area contributed by atoms with Gasteiger partial charge in [-0.3, -0.25) is 14.4 Å². The fourth-order valence-electron chi connectivity index (χ4n) is 3.46. The molecule has 2 aromatic carbocycles. The number of nitrogens with one attached hydrogen (secondary N) is 4. The summed E-state index contributed by atoms with van der Waals surface area (Å²) in [5, 5.41) is 10.8. The minimum absolute atomic E-state index is 0.226. The third kappa shape index (κ3) is 8.40. The van der Waals surface area contributed by atoms with Crippen molar-refractivity contribution in [1.82, 2.24) is 21.3 Å². The lowest BCUT2D eigenvalue weighted by Gasteiger charge is -2.25. The largest absolute Gasteiger partial charge is 0.416 e. The van der Waals surface area contributed by atoms with Gasteiger partial charge in [0.25, 0.3) is 5.91 Å². The van der Waals surface area contributed by atoms with Crippen LogP contribution < -0.4 is 21.3 Å². The minimum atomic E-state index is -4.59. The van der Waals surface area contributed by atoms with E-state index in [0.29, 0.717) is 19.2 Å². The van der Waals surface area contributed by atoms with Gasteiger partial charge in [0.2, 0.25) is 11.8 Å². The van der Waals surface area contributed by atoms with Crippen LogP contribution in [0.1, 0.15) is 46.5 Å². The third-order valence-corrected chi connectivity index (χ3v) is 5.42. The van der Waals surface area contributed by atoms with Crippen molar-refractivity contribution >= 4 is 17.7 Å². The van der Waals surface area contributed by atoms with Crippen LogP contribution in [0.25, 0.3) is 0 Å². The highest BCUT2D eigenvalue weighted by Crippen LogP contribution is 2.29. The summed E-state index contributed by atoms with van der Waals surface area (Å²) in [5.41, 5.74) is 2.10. The van der Waals surface area contributed by atoms with E-state index in [2.05, 4.69) is 27.3 Å². The molecular weight excluding hydrogens is 461 g/mol. The molecule has 0 fully saturated rings. The Balaban J connectivity index is 2.00. The second-order valence-corrected chi connectivity index (χ2v) is 8.30. The van der Waals surface area contributed by atoms with Crippen molar-refractivity contribution in [3.63, 3.8) is 0 Å². The molecule has 2 rings (SSSR count). The summed E-state index contributed by atoms with van der Waals surface area (Å²) in [6, 6.07) is 8.56. The summed E-state index contributed by atoms with van der Waals surface area (Å²) < 4.78 is 38.6. The molecule has 0 spiro atoms. The lowest BCUT2D eigenvalue weighted by Crippen LogP contribution is -2.57. The van der Waals surface area contributed by atoms with E-state index in [-0.39, 0.29) is 5.56 Å². The summed E-state index contributed by atoms with van der Waals surface area (Å²) in [5.74, 6) is -1.88. The van der Waals surface area contributed by atoms with Crippen molar-refractivity contribution in [1.29, 1.82) is 0 Å². The topological polar surface area (TPSA) is 99.3 Å². The lowest BCUT2D eigenvalue weighted by atomic mass is 10.0. The Kier molecular flexibility index (Phi) is 9.82. The standard InChI is InChI=1S/C25H31F3N4O3/c1-5-29-24(35)22(17(4)30-13-19-10-9-15(2)11-16(19)3)32-21(33)14-31-23(34)18-7-6-8-20(12-18)25(26,27)28/h6-12,17,22,30H,5,13-14H2,1-4H3,(H,29,35)(H,31,34)(H,32,33)/t17-,22-/m0/s1. The number of hydrogen-bond acceptors (Lipinski definition) is 4. The molecule has 0 aromatic heterocycles. The molecule has 0 aliphatic carbocycles. The molecule has 35 heavy (non-hydrogen) atoms. The molecule has 0 bridgehead atoms. The fraction of sp³-hybridized carbons (Fsp3) is 0.400. The van der Waals surface area contributed by atoms with Crippen molar-refractivity contribution in [3.05, 3.63) is 70.3 Å². The minimum Gasteiger partial charge on any atom is -0.355 e. The fourth-order valence-corrected chi connectivity index (χ4v) is 3.46. The first-order valence-electron chi connectivity index (χ1n) is 11.2. The Bertz CT molecular complexity index is 1060. The van der Waals surface area contributed by atoms with Crippen molar-refractivity contribution in [3.8, 4) is 0 Å². The number of likely N-dealkylation sites (N-methyl/N-ethyl adjacent to an activating group) is 1. The van der Waals surface area contributed by atoms with E-state index < -0.39 is 48.1 Å². The van der Waals surface area contributed by atoms with Gasteiger partial charge in [-0.15, -0.1) is 0 Å². The summed E-state index contributed by atoms with van der Waals surface area (Å²) >= 11 is 0. The van der Waals surface area contributed by atoms with Gasteiger partial charge < -0.3 is 21.3 Å². The first-order chi connectivity index (χ1) is 16.4. The van der Waals surface area contributed by atoms with Crippen LogP contribution in [-0.2, 0) is 22.3 Å². The number of alkyl halides is 3. The van der Waals surface area contributed by atoms with Crippen LogP contribution in [0.5, 0.6) is 0 Å². The third-order valence-electron chi connectivity index (χ3n) is 5.42. The highest BCUT2D eigenvalue weighted by molar-refractivity contribution is 5.97.